The number of piperidine rings is 1. The number of ether oxygens (including phenoxy) is 1. The Morgan fingerprint density at radius 1 is 1.60 bits per heavy atom. The molecule has 2 atom stereocenters. The van der Waals surface area contributed by atoms with Crippen LogP contribution in [0.3, 0.4) is 0 Å². The van der Waals surface area contributed by atoms with Gasteiger partial charge in [-0.05, 0) is 32.8 Å². The first-order chi connectivity index (χ1) is 9.53. The normalized spacial score (nSPS) is 28.8. The minimum absolute atomic E-state index is 0.0415. The minimum Gasteiger partial charge on any atom is -0.372 e. The van der Waals surface area contributed by atoms with E-state index in [1.54, 1.807) is 24.7 Å². The van der Waals surface area contributed by atoms with E-state index in [-0.39, 0.29) is 11.5 Å². The highest BCUT2D eigenvalue weighted by atomic mass is 16.5. The van der Waals surface area contributed by atoms with E-state index in [9.17, 15) is 4.79 Å². The average molecular weight is 275 g/mol. The number of carbonyl (C=O) groups excluding carboxylic acids is 1. The summed E-state index contributed by atoms with van der Waals surface area (Å²) >= 11 is 0. The quantitative estimate of drug-likeness (QED) is 0.838. The second kappa shape index (κ2) is 5.05. The second-order valence-electron chi connectivity index (χ2n) is 6.29. The fraction of sp³-hybridized carbons (Fsp3) is 0.600. The van der Waals surface area contributed by atoms with Crippen molar-refractivity contribution in [1.82, 2.24) is 14.9 Å². The Kier molecular flexibility index (Phi) is 3.38. The number of aromatic nitrogens is 2. The molecule has 1 aromatic rings. The standard InChI is InChI=1S/C15H21N3O2/c1-15(2)7-11-9-18(6-5-13(11)20-15)14(19)4-3-12-8-16-10-17-12/h3-4,8,10-11,13H,5-7,9H2,1-2H3,(H,16,17)/b4-3+/t11-,13+/m1/s1. The molecule has 3 heterocycles. The van der Waals surface area contributed by atoms with Crippen molar-refractivity contribution in [3.05, 3.63) is 24.3 Å². The summed E-state index contributed by atoms with van der Waals surface area (Å²) in [5, 5.41) is 0. The molecule has 0 radical (unpaired) electrons. The monoisotopic (exact) mass is 275 g/mol. The van der Waals surface area contributed by atoms with E-state index in [4.69, 9.17) is 4.74 Å². The third kappa shape index (κ3) is 2.77. The van der Waals surface area contributed by atoms with Crippen molar-refractivity contribution in [2.24, 2.45) is 5.92 Å². The molecule has 0 bridgehead atoms. The van der Waals surface area contributed by atoms with Gasteiger partial charge in [0.1, 0.15) is 0 Å². The van der Waals surface area contributed by atoms with Crippen LogP contribution < -0.4 is 0 Å². The SMILES string of the molecule is CC1(C)C[C@@H]2CN(C(=O)/C=C/c3cnc[nH]3)CC[C@@H]2O1. The molecule has 2 fully saturated rings. The molecule has 2 aliphatic rings. The lowest BCUT2D eigenvalue weighted by Crippen LogP contribution is -2.43. The maximum absolute atomic E-state index is 12.2. The van der Waals surface area contributed by atoms with Gasteiger partial charge in [0.05, 0.1) is 29.9 Å². The molecule has 1 N–H and O–H groups in total. The molecule has 0 spiro atoms. The van der Waals surface area contributed by atoms with E-state index >= 15 is 0 Å². The zero-order chi connectivity index (χ0) is 14.2. The smallest absolute Gasteiger partial charge is 0.246 e. The summed E-state index contributed by atoms with van der Waals surface area (Å²) in [6, 6.07) is 0. The summed E-state index contributed by atoms with van der Waals surface area (Å²) in [5.41, 5.74) is 0.804. The van der Waals surface area contributed by atoms with E-state index in [2.05, 4.69) is 23.8 Å². The van der Waals surface area contributed by atoms with Crippen molar-refractivity contribution < 1.29 is 9.53 Å². The third-order valence-corrected chi connectivity index (χ3v) is 4.12. The highest BCUT2D eigenvalue weighted by Gasteiger charge is 2.43. The van der Waals surface area contributed by atoms with E-state index < -0.39 is 0 Å². The van der Waals surface area contributed by atoms with Crippen molar-refractivity contribution in [3.8, 4) is 0 Å². The molecule has 108 valence electrons. The van der Waals surface area contributed by atoms with Crippen molar-refractivity contribution >= 4 is 12.0 Å². The number of hydrogen-bond donors (Lipinski definition) is 1. The maximum atomic E-state index is 12.2. The number of H-pyrrole nitrogens is 1. The van der Waals surface area contributed by atoms with Gasteiger partial charge in [-0.15, -0.1) is 0 Å². The van der Waals surface area contributed by atoms with Gasteiger partial charge in [0.2, 0.25) is 5.91 Å². The number of amides is 1. The number of rotatable bonds is 2. The fourth-order valence-corrected chi connectivity index (χ4v) is 3.28. The number of hydrogen-bond acceptors (Lipinski definition) is 3. The number of likely N-dealkylation sites (tertiary alicyclic amines) is 1. The molecule has 2 aliphatic heterocycles. The van der Waals surface area contributed by atoms with Crippen molar-refractivity contribution in [2.75, 3.05) is 13.1 Å². The van der Waals surface area contributed by atoms with Crippen LogP contribution in [0.25, 0.3) is 6.08 Å². The van der Waals surface area contributed by atoms with Crippen LogP contribution in [0.1, 0.15) is 32.4 Å². The lowest BCUT2D eigenvalue weighted by Gasteiger charge is -2.33. The van der Waals surface area contributed by atoms with E-state index in [0.29, 0.717) is 12.0 Å². The van der Waals surface area contributed by atoms with Gasteiger partial charge in [-0.3, -0.25) is 4.79 Å². The van der Waals surface area contributed by atoms with E-state index in [0.717, 1.165) is 31.6 Å². The van der Waals surface area contributed by atoms with Crippen LogP contribution in [0.4, 0.5) is 0 Å². The average Bonchev–Trinajstić information content (AvgIpc) is 2.99. The van der Waals surface area contributed by atoms with Crippen LogP contribution in [0.2, 0.25) is 0 Å². The minimum atomic E-state index is -0.0415. The number of fused-ring (bicyclic) bond motifs is 1. The van der Waals surface area contributed by atoms with Gasteiger partial charge in [0, 0.05) is 25.1 Å². The number of imidazole rings is 1. The largest absolute Gasteiger partial charge is 0.372 e. The van der Waals surface area contributed by atoms with Crippen LogP contribution in [-0.2, 0) is 9.53 Å². The Balaban J connectivity index is 1.60. The highest BCUT2D eigenvalue weighted by Crippen LogP contribution is 2.38. The lowest BCUT2D eigenvalue weighted by atomic mass is 9.90. The lowest BCUT2D eigenvalue weighted by molar-refractivity contribution is -0.129. The van der Waals surface area contributed by atoms with Gasteiger partial charge in [0.15, 0.2) is 0 Å². The molecule has 5 nitrogen and oxygen atoms in total. The summed E-state index contributed by atoms with van der Waals surface area (Å²) < 4.78 is 6.03. The predicted molar refractivity (Wildman–Crippen MR) is 75.9 cm³/mol. The molecule has 0 saturated carbocycles. The summed E-state index contributed by atoms with van der Waals surface area (Å²) in [6.07, 6.45) is 9.00. The third-order valence-electron chi connectivity index (χ3n) is 4.12. The topological polar surface area (TPSA) is 58.2 Å². The van der Waals surface area contributed by atoms with Crippen LogP contribution in [-0.4, -0.2) is 45.6 Å². The van der Waals surface area contributed by atoms with Crippen LogP contribution in [0, 0.1) is 5.92 Å². The predicted octanol–water partition coefficient (Wildman–Crippen LogP) is 1.84. The summed E-state index contributed by atoms with van der Waals surface area (Å²) in [6.45, 7) is 5.86. The van der Waals surface area contributed by atoms with Crippen LogP contribution >= 0.6 is 0 Å². The van der Waals surface area contributed by atoms with Gasteiger partial charge in [-0.25, -0.2) is 4.98 Å². The number of nitrogens with one attached hydrogen (secondary N) is 1. The molecule has 3 rings (SSSR count). The first-order valence-electron chi connectivity index (χ1n) is 7.17. The van der Waals surface area contributed by atoms with Gasteiger partial charge < -0.3 is 14.6 Å². The fourth-order valence-electron chi connectivity index (χ4n) is 3.28. The molecule has 5 heteroatoms. The molecule has 0 unspecified atom stereocenters. The maximum Gasteiger partial charge on any atom is 0.246 e. The zero-order valence-electron chi connectivity index (χ0n) is 12.0. The Hall–Kier alpha value is -1.62. The summed E-state index contributed by atoms with van der Waals surface area (Å²) in [7, 11) is 0. The molecule has 0 aromatic carbocycles. The first-order valence-corrected chi connectivity index (χ1v) is 7.17. The van der Waals surface area contributed by atoms with Gasteiger partial charge in [-0.1, -0.05) is 0 Å². The van der Waals surface area contributed by atoms with Gasteiger partial charge >= 0.3 is 0 Å². The molecule has 1 aromatic heterocycles. The number of aromatic amines is 1. The molecular weight excluding hydrogens is 254 g/mol. The van der Waals surface area contributed by atoms with Crippen LogP contribution in [0.15, 0.2) is 18.6 Å². The summed E-state index contributed by atoms with van der Waals surface area (Å²) in [5.74, 6) is 0.547. The molecule has 2 saturated heterocycles. The zero-order valence-corrected chi connectivity index (χ0v) is 12.0. The summed E-state index contributed by atoms with van der Waals surface area (Å²) in [4.78, 5) is 21.0. The van der Waals surface area contributed by atoms with E-state index in [1.165, 1.54) is 0 Å². The Bertz CT molecular complexity index is 507. The molecule has 1 amide bonds. The highest BCUT2D eigenvalue weighted by molar-refractivity contribution is 5.91. The van der Waals surface area contributed by atoms with Crippen molar-refractivity contribution in [3.63, 3.8) is 0 Å². The van der Waals surface area contributed by atoms with Crippen LogP contribution in [0.5, 0.6) is 0 Å². The number of carbonyl (C=O) groups is 1. The second-order valence-corrected chi connectivity index (χ2v) is 6.29. The van der Waals surface area contributed by atoms with Crippen molar-refractivity contribution in [1.29, 1.82) is 0 Å². The Labute approximate surface area is 119 Å². The Morgan fingerprint density at radius 2 is 2.45 bits per heavy atom. The molecule has 0 aliphatic carbocycles. The number of nitrogens with zero attached hydrogens (tertiary/aromatic N) is 2. The molecule has 20 heavy (non-hydrogen) atoms. The van der Waals surface area contributed by atoms with Gasteiger partial charge in [-0.2, -0.15) is 0 Å². The van der Waals surface area contributed by atoms with Gasteiger partial charge in [0.25, 0.3) is 0 Å². The Morgan fingerprint density at radius 3 is 3.20 bits per heavy atom. The molecular formula is C15H21N3O2. The first kappa shape index (κ1) is 13.4. The van der Waals surface area contributed by atoms with E-state index in [1.807, 2.05) is 4.90 Å². The van der Waals surface area contributed by atoms with Crippen molar-refractivity contribution in [2.45, 2.75) is 38.4 Å².